The predicted octanol–water partition coefficient (Wildman–Crippen LogP) is 3.74. The molecule has 1 fully saturated rings. The lowest BCUT2D eigenvalue weighted by Gasteiger charge is -2.34. The minimum absolute atomic E-state index is 0.0553. The maximum atomic E-state index is 13.4. The van der Waals surface area contributed by atoms with Crippen molar-refractivity contribution in [2.45, 2.75) is 33.6 Å². The number of piperidine rings is 1. The van der Waals surface area contributed by atoms with Crippen molar-refractivity contribution < 1.29 is 4.79 Å². The Morgan fingerprint density at radius 3 is 2.77 bits per heavy atom. The van der Waals surface area contributed by atoms with Crippen molar-refractivity contribution in [3.8, 4) is 5.69 Å². The molecule has 0 radical (unpaired) electrons. The number of amides is 1. The first-order valence-electron chi connectivity index (χ1n) is 10.5. The molecule has 6 nitrogen and oxygen atoms in total. The van der Waals surface area contributed by atoms with Crippen molar-refractivity contribution >= 4 is 33.4 Å². The monoisotopic (exact) mass is 424 g/mol. The van der Waals surface area contributed by atoms with E-state index in [2.05, 4.69) is 24.1 Å². The molecular weight excluding hydrogens is 396 g/mol. The van der Waals surface area contributed by atoms with Crippen molar-refractivity contribution in [3.05, 3.63) is 51.6 Å². The van der Waals surface area contributed by atoms with Gasteiger partial charge in [0.25, 0.3) is 5.56 Å². The Hall–Kier alpha value is -2.67. The van der Waals surface area contributed by atoms with Gasteiger partial charge in [-0.1, -0.05) is 31.5 Å². The topological polar surface area (TPSA) is 67.2 Å². The average molecular weight is 425 g/mol. The Kier molecular flexibility index (Phi) is 5.90. The second kappa shape index (κ2) is 8.60. The molecule has 0 saturated carbocycles. The number of nitrogens with one attached hydrogen (secondary N) is 1. The van der Waals surface area contributed by atoms with E-state index >= 15 is 0 Å². The molecule has 2 aromatic heterocycles. The molecule has 158 valence electrons. The van der Waals surface area contributed by atoms with Crippen LogP contribution in [0.5, 0.6) is 0 Å². The van der Waals surface area contributed by atoms with Gasteiger partial charge in [0.05, 0.1) is 17.1 Å². The second-order valence-corrected chi connectivity index (χ2v) is 9.36. The van der Waals surface area contributed by atoms with Gasteiger partial charge in [-0.3, -0.25) is 9.59 Å². The van der Waals surface area contributed by atoms with Crippen LogP contribution in [-0.2, 0) is 4.79 Å². The Morgan fingerprint density at radius 2 is 2.03 bits per heavy atom. The first kappa shape index (κ1) is 20.6. The quantitative estimate of drug-likeness (QED) is 0.677. The van der Waals surface area contributed by atoms with Crippen LogP contribution in [0, 0.1) is 18.8 Å². The lowest BCUT2D eigenvalue weighted by Crippen LogP contribution is -2.45. The first-order chi connectivity index (χ1) is 14.4. The molecule has 0 unspecified atom stereocenters. The Balaban J connectivity index is 1.72. The number of anilines is 1. The minimum Gasteiger partial charge on any atom is -0.356 e. The minimum atomic E-state index is -0.0981. The van der Waals surface area contributed by atoms with Crippen molar-refractivity contribution in [2.75, 3.05) is 24.5 Å². The summed E-state index contributed by atoms with van der Waals surface area (Å²) in [5, 5.41) is 4.96. The van der Waals surface area contributed by atoms with Crippen LogP contribution < -0.4 is 15.8 Å². The number of hydrogen-bond donors (Lipinski definition) is 1. The van der Waals surface area contributed by atoms with Gasteiger partial charge in [0.15, 0.2) is 0 Å². The third-order valence-corrected chi connectivity index (χ3v) is 6.41. The van der Waals surface area contributed by atoms with Gasteiger partial charge in [0.2, 0.25) is 11.9 Å². The van der Waals surface area contributed by atoms with E-state index in [4.69, 9.17) is 4.98 Å². The molecule has 0 aliphatic carbocycles. The van der Waals surface area contributed by atoms with Gasteiger partial charge in [-0.05, 0) is 49.3 Å². The molecule has 3 heterocycles. The summed E-state index contributed by atoms with van der Waals surface area (Å²) >= 11 is 1.42. The molecule has 3 aromatic rings. The van der Waals surface area contributed by atoms with E-state index in [0.717, 1.165) is 36.2 Å². The summed E-state index contributed by atoms with van der Waals surface area (Å²) in [6, 6.07) is 9.81. The van der Waals surface area contributed by atoms with Gasteiger partial charge in [0, 0.05) is 19.6 Å². The summed E-state index contributed by atoms with van der Waals surface area (Å²) in [4.78, 5) is 33.0. The molecular formula is C23H28N4O2S. The normalized spacial score (nSPS) is 16.9. The van der Waals surface area contributed by atoms with E-state index in [9.17, 15) is 9.59 Å². The molecule has 1 saturated heterocycles. The second-order valence-electron chi connectivity index (χ2n) is 8.45. The van der Waals surface area contributed by atoms with Crippen molar-refractivity contribution in [3.63, 3.8) is 0 Å². The molecule has 0 bridgehead atoms. The predicted molar refractivity (Wildman–Crippen MR) is 123 cm³/mol. The smallest absolute Gasteiger partial charge is 0.277 e. The van der Waals surface area contributed by atoms with Gasteiger partial charge in [-0.15, -0.1) is 11.3 Å². The van der Waals surface area contributed by atoms with E-state index < -0.39 is 0 Å². The van der Waals surface area contributed by atoms with Crippen LogP contribution in [0.1, 0.15) is 32.3 Å². The summed E-state index contributed by atoms with van der Waals surface area (Å²) < 4.78 is 2.36. The standard InChI is InChI=1S/C23H28N4O2S/c1-15(2)13-24-21(28)17-5-4-11-26(14-17)23-25-19-10-12-30-20(19)22(29)27(23)18-8-6-16(3)7-9-18/h6-10,12,15,17H,4-5,11,13-14H2,1-3H3,(H,24,28)/t17-/m1/s1. The number of aromatic nitrogens is 2. The Bertz CT molecular complexity index is 1100. The molecule has 0 spiro atoms. The molecule has 7 heteroatoms. The van der Waals surface area contributed by atoms with Crippen molar-refractivity contribution in [1.29, 1.82) is 0 Å². The Morgan fingerprint density at radius 1 is 1.27 bits per heavy atom. The number of aryl methyl sites for hydroxylation is 1. The largest absolute Gasteiger partial charge is 0.356 e. The highest BCUT2D eigenvalue weighted by atomic mass is 32.1. The molecule has 1 amide bonds. The highest BCUT2D eigenvalue weighted by Gasteiger charge is 2.29. The highest BCUT2D eigenvalue weighted by Crippen LogP contribution is 2.26. The lowest BCUT2D eigenvalue weighted by molar-refractivity contribution is -0.125. The summed E-state index contributed by atoms with van der Waals surface area (Å²) in [5.74, 6) is 1.03. The number of rotatable bonds is 5. The van der Waals surface area contributed by atoms with Crippen molar-refractivity contribution in [1.82, 2.24) is 14.9 Å². The zero-order valence-corrected chi connectivity index (χ0v) is 18.5. The lowest BCUT2D eigenvalue weighted by atomic mass is 9.97. The van der Waals surface area contributed by atoms with Crippen LogP contribution >= 0.6 is 11.3 Å². The number of carbonyl (C=O) groups is 1. The number of benzene rings is 1. The fourth-order valence-corrected chi connectivity index (χ4v) is 4.62. The third-order valence-electron chi connectivity index (χ3n) is 5.51. The third kappa shape index (κ3) is 4.12. The van der Waals surface area contributed by atoms with Crippen LogP contribution in [-0.4, -0.2) is 35.1 Å². The maximum Gasteiger partial charge on any atom is 0.277 e. The fourth-order valence-electron chi connectivity index (χ4n) is 3.86. The average Bonchev–Trinajstić information content (AvgIpc) is 3.22. The van der Waals surface area contributed by atoms with Gasteiger partial charge < -0.3 is 10.2 Å². The van der Waals surface area contributed by atoms with Gasteiger partial charge >= 0.3 is 0 Å². The number of thiophene rings is 1. The van der Waals surface area contributed by atoms with Gasteiger partial charge in [0.1, 0.15) is 4.70 Å². The number of fused-ring (bicyclic) bond motifs is 1. The van der Waals surface area contributed by atoms with E-state index in [0.29, 0.717) is 29.7 Å². The summed E-state index contributed by atoms with van der Waals surface area (Å²) in [6.07, 6.45) is 1.75. The number of carbonyl (C=O) groups excluding carboxylic acids is 1. The molecule has 1 atom stereocenters. The number of hydrogen-bond acceptors (Lipinski definition) is 5. The zero-order valence-electron chi connectivity index (χ0n) is 17.7. The van der Waals surface area contributed by atoms with Crippen LogP contribution in [0.3, 0.4) is 0 Å². The molecule has 1 aliphatic heterocycles. The maximum absolute atomic E-state index is 13.4. The number of nitrogens with zero attached hydrogens (tertiary/aromatic N) is 3. The highest BCUT2D eigenvalue weighted by molar-refractivity contribution is 7.17. The summed E-state index contributed by atoms with van der Waals surface area (Å²) in [5.41, 5.74) is 2.60. The van der Waals surface area contributed by atoms with E-state index in [1.54, 1.807) is 4.57 Å². The van der Waals surface area contributed by atoms with E-state index in [1.165, 1.54) is 11.3 Å². The molecule has 4 rings (SSSR count). The molecule has 1 aromatic carbocycles. The van der Waals surface area contributed by atoms with Crippen LogP contribution in [0.25, 0.3) is 15.9 Å². The fraction of sp³-hybridized carbons (Fsp3) is 0.435. The van der Waals surface area contributed by atoms with Gasteiger partial charge in [-0.2, -0.15) is 0 Å². The van der Waals surface area contributed by atoms with Crippen LogP contribution in [0.2, 0.25) is 0 Å². The summed E-state index contributed by atoms with van der Waals surface area (Å²) in [7, 11) is 0. The molecule has 1 aliphatic rings. The van der Waals surface area contributed by atoms with Crippen molar-refractivity contribution in [2.24, 2.45) is 11.8 Å². The van der Waals surface area contributed by atoms with Gasteiger partial charge in [-0.25, -0.2) is 9.55 Å². The van der Waals surface area contributed by atoms with E-state index in [-0.39, 0.29) is 17.4 Å². The molecule has 1 N–H and O–H groups in total. The SMILES string of the molecule is Cc1ccc(-n2c(N3CCC[C@@H](C(=O)NCC(C)C)C3)nc3ccsc3c2=O)cc1. The van der Waals surface area contributed by atoms with E-state index in [1.807, 2.05) is 42.6 Å². The summed E-state index contributed by atoms with van der Waals surface area (Å²) in [6.45, 7) is 8.24. The molecule has 30 heavy (non-hydrogen) atoms. The Labute approximate surface area is 180 Å². The zero-order chi connectivity index (χ0) is 21.3. The first-order valence-corrected chi connectivity index (χ1v) is 11.4. The van der Waals surface area contributed by atoms with Crippen LogP contribution in [0.4, 0.5) is 5.95 Å². The van der Waals surface area contributed by atoms with Crippen LogP contribution in [0.15, 0.2) is 40.5 Å².